The van der Waals surface area contributed by atoms with Gasteiger partial charge in [0.15, 0.2) is 5.69 Å². The van der Waals surface area contributed by atoms with E-state index in [9.17, 15) is 13.2 Å². The van der Waals surface area contributed by atoms with E-state index in [1.54, 1.807) is 12.1 Å². The fourth-order valence-electron chi connectivity index (χ4n) is 2.37. The maximum absolute atomic E-state index is 13.1. The maximum atomic E-state index is 13.1. The summed E-state index contributed by atoms with van der Waals surface area (Å²) in [5.74, 6) is 0.0769. The highest BCUT2D eigenvalue weighted by Crippen LogP contribution is 2.33. The van der Waals surface area contributed by atoms with Crippen molar-refractivity contribution < 1.29 is 13.2 Å². The number of rotatable bonds is 4. The lowest BCUT2D eigenvalue weighted by Crippen LogP contribution is -2.14. The molecule has 1 aromatic carbocycles. The standard InChI is InChI=1S/C16H16ClF3N4/c1-8-5-10(17)6-9(2)14(8)23-13-7-12(16(18,19)20)22-15(24-13)21-11-3-4-11/h5-7,11H,3-4H2,1-2H3,(H2,21,22,23,24). The Hall–Kier alpha value is -2.02. The highest BCUT2D eigenvalue weighted by Gasteiger charge is 2.34. The summed E-state index contributed by atoms with van der Waals surface area (Å²) >= 11 is 5.99. The lowest BCUT2D eigenvalue weighted by molar-refractivity contribution is -0.141. The van der Waals surface area contributed by atoms with Crippen LogP contribution in [0.15, 0.2) is 18.2 Å². The highest BCUT2D eigenvalue weighted by molar-refractivity contribution is 6.30. The third-order valence-corrected chi connectivity index (χ3v) is 3.90. The SMILES string of the molecule is Cc1cc(Cl)cc(C)c1Nc1cc(C(F)(F)F)nc(NC2CC2)n1. The van der Waals surface area contributed by atoms with Gasteiger partial charge < -0.3 is 10.6 Å². The minimum atomic E-state index is -4.54. The Morgan fingerprint density at radius 1 is 1.08 bits per heavy atom. The number of aromatic nitrogens is 2. The van der Waals surface area contributed by atoms with Gasteiger partial charge in [-0.3, -0.25) is 0 Å². The third-order valence-electron chi connectivity index (χ3n) is 3.68. The number of aryl methyl sites for hydroxylation is 2. The summed E-state index contributed by atoms with van der Waals surface area (Å²) in [4.78, 5) is 7.74. The number of anilines is 3. The summed E-state index contributed by atoms with van der Waals surface area (Å²) in [5, 5.41) is 6.45. The van der Waals surface area contributed by atoms with E-state index in [0.717, 1.165) is 30.0 Å². The zero-order valence-electron chi connectivity index (χ0n) is 13.1. The van der Waals surface area contributed by atoms with E-state index in [1.807, 2.05) is 13.8 Å². The molecule has 8 heteroatoms. The molecular formula is C16H16ClF3N4. The van der Waals surface area contributed by atoms with E-state index in [2.05, 4.69) is 20.6 Å². The fraction of sp³-hybridized carbons (Fsp3) is 0.375. The van der Waals surface area contributed by atoms with Crippen molar-refractivity contribution in [3.05, 3.63) is 40.0 Å². The topological polar surface area (TPSA) is 49.8 Å². The number of halogens is 4. The molecule has 0 spiro atoms. The fourth-order valence-corrected chi connectivity index (χ4v) is 2.69. The molecule has 0 atom stereocenters. The van der Waals surface area contributed by atoms with Gasteiger partial charge in [-0.05, 0) is 49.9 Å². The van der Waals surface area contributed by atoms with Crippen molar-refractivity contribution in [3.8, 4) is 0 Å². The van der Waals surface area contributed by atoms with Crippen molar-refractivity contribution >= 4 is 29.1 Å². The molecule has 3 rings (SSSR count). The number of alkyl halides is 3. The minimum absolute atomic E-state index is 0.0147. The molecule has 0 bridgehead atoms. The molecule has 1 aliphatic rings. The Morgan fingerprint density at radius 3 is 2.25 bits per heavy atom. The van der Waals surface area contributed by atoms with Gasteiger partial charge in [0.1, 0.15) is 5.82 Å². The van der Waals surface area contributed by atoms with Crippen LogP contribution in [-0.2, 0) is 6.18 Å². The molecule has 24 heavy (non-hydrogen) atoms. The Kier molecular flexibility index (Phi) is 4.29. The molecule has 1 fully saturated rings. The first-order valence-electron chi connectivity index (χ1n) is 7.49. The van der Waals surface area contributed by atoms with Gasteiger partial charge in [-0.15, -0.1) is 0 Å². The summed E-state index contributed by atoms with van der Waals surface area (Å²) < 4.78 is 39.3. The van der Waals surface area contributed by atoms with Gasteiger partial charge in [-0.2, -0.15) is 18.2 Å². The average molecular weight is 357 g/mol. The Morgan fingerprint density at radius 2 is 1.71 bits per heavy atom. The number of nitrogens with zero attached hydrogens (tertiary/aromatic N) is 2. The van der Waals surface area contributed by atoms with E-state index in [4.69, 9.17) is 11.6 Å². The van der Waals surface area contributed by atoms with Crippen LogP contribution in [0.2, 0.25) is 5.02 Å². The summed E-state index contributed by atoms with van der Waals surface area (Å²) in [7, 11) is 0. The third kappa shape index (κ3) is 3.90. The number of benzene rings is 1. The molecule has 0 amide bonds. The number of hydrogen-bond acceptors (Lipinski definition) is 4. The smallest absolute Gasteiger partial charge is 0.351 e. The zero-order chi connectivity index (χ0) is 17.5. The summed E-state index contributed by atoms with van der Waals surface area (Å²) in [6.07, 6.45) is -2.71. The second-order valence-electron chi connectivity index (χ2n) is 5.92. The Balaban J connectivity index is 1.97. The summed E-state index contributed by atoms with van der Waals surface area (Å²) in [6.45, 7) is 3.66. The van der Waals surface area contributed by atoms with E-state index in [0.29, 0.717) is 10.7 Å². The van der Waals surface area contributed by atoms with Crippen LogP contribution in [0.3, 0.4) is 0 Å². The molecule has 2 aromatic rings. The molecule has 0 radical (unpaired) electrons. The van der Waals surface area contributed by atoms with Crippen LogP contribution in [0.4, 0.5) is 30.6 Å². The number of nitrogens with one attached hydrogen (secondary N) is 2. The highest BCUT2D eigenvalue weighted by atomic mass is 35.5. The van der Waals surface area contributed by atoms with Crippen LogP contribution < -0.4 is 10.6 Å². The van der Waals surface area contributed by atoms with Gasteiger partial charge in [-0.1, -0.05) is 11.6 Å². The van der Waals surface area contributed by atoms with Crippen LogP contribution >= 0.6 is 11.6 Å². The molecule has 1 saturated carbocycles. The summed E-state index contributed by atoms with van der Waals surface area (Å²) in [5.41, 5.74) is 1.35. The average Bonchev–Trinajstić information content (AvgIpc) is 3.25. The lowest BCUT2D eigenvalue weighted by Gasteiger charge is -2.15. The van der Waals surface area contributed by atoms with E-state index in [-0.39, 0.29) is 17.8 Å². The molecule has 4 nitrogen and oxygen atoms in total. The monoisotopic (exact) mass is 356 g/mol. The van der Waals surface area contributed by atoms with Gasteiger partial charge >= 0.3 is 6.18 Å². The van der Waals surface area contributed by atoms with E-state index >= 15 is 0 Å². The van der Waals surface area contributed by atoms with Crippen molar-refractivity contribution in [1.29, 1.82) is 0 Å². The first-order valence-corrected chi connectivity index (χ1v) is 7.87. The molecule has 1 aromatic heterocycles. The van der Waals surface area contributed by atoms with Crippen LogP contribution in [-0.4, -0.2) is 16.0 Å². The first kappa shape index (κ1) is 16.8. The molecule has 1 heterocycles. The van der Waals surface area contributed by atoms with E-state index < -0.39 is 11.9 Å². The molecule has 0 saturated heterocycles. The van der Waals surface area contributed by atoms with Crippen LogP contribution in [0, 0.1) is 13.8 Å². The Bertz CT molecular complexity index is 749. The maximum Gasteiger partial charge on any atom is 0.433 e. The Labute approximate surface area is 142 Å². The predicted molar refractivity (Wildman–Crippen MR) is 87.9 cm³/mol. The first-order chi connectivity index (χ1) is 11.2. The predicted octanol–water partition coefficient (Wildman–Crippen LogP) is 5.08. The second-order valence-corrected chi connectivity index (χ2v) is 6.35. The van der Waals surface area contributed by atoms with Crippen LogP contribution in [0.25, 0.3) is 0 Å². The molecule has 0 aliphatic heterocycles. The quantitative estimate of drug-likeness (QED) is 0.801. The minimum Gasteiger partial charge on any atom is -0.351 e. The van der Waals surface area contributed by atoms with Crippen molar-refractivity contribution in [1.82, 2.24) is 9.97 Å². The largest absolute Gasteiger partial charge is 0.433 e. The van der Waals surface area contributed by atoms with Crippen molar-refractivity contribution in [2.24, 2.45) is 0 Å². The lowest BCUT2D eigenvalue weighted by atomic mass is 10.1. The normalized spacial score (nSPS) is 14.6. The van der Waals surface area contributed by atoms with Crippen molar-refractivity contribution in [3.63, 3.8) is 0 Å². The van der Waals surface area contributed by atoms with Gasteiger partial charge in [0.25, 0.3) is 0 Å². The molecule has 128 valence electrons. The van der Waals surface area contributed by atoms with Gasteiger partial charge in [0, 0.05) is 22.8 Å². The van der Waals surface area contributed by atoms with Gasteiger partial charge in [0.05, 0.1) is 0 Å². The van der Waals surface area contributed by atoms with E-state index in [1.165, 1.54) is 0 Å². The second kappa shape index (κ2) is 6.12. The zero-order valence-corrected chi connectivity index (χ0v) is 13.9. The van der Waals surface area contributed by atoms with Gasteiger partial charge in [-0.25, -0.2) is 4.98 Å². The van der Waals surface area contributed by atoms with Crippen molar-refractivity contribution in [2.45, 2.75) is 38.9 Å². The summed E-state index contributed by atoms with van der Waals surface area (Å²) in [6, 6.07) is 4.55. The van der Waals surface area contributed by atoms with Crippen molar-refractivity contribution in [2.75, 3.05) is 10.6 Å². The molecule has 1 aliphatic carbocycles. The molecule has 2 N–H and O–H groups in total. The van der Waals surface area contributed by atoms with Gasteiger partial charge in [0.2, 0.25) is 5.95 Å². The van der Waals surface area contributed by atoms with Crippen LogP contribution in [0.5, 0.6) is 0 Å². The molecule has 0 unspecified atom stereocenters. The number of hydrogen-bond donors (Lipinski definition) is 2. The van der Waals surface area contributed by atoms with Crippen LogP contribution in [0.1, 0.15) is 29.7 Å². The molecular weight excluding hydrogens is 341 g/mol.